The summed E-state index contributed by atoms with van der Waals surface area (Å²) in [6.45, 7) is 0. The highest BCUT2D eigenvalue weighted by Crippen LogP contribution is 1.96. The third-order valence-corrected chi connectivity index (χ3v) is 1.09. The van der Waals surface area contributed by atoms with Crippen LogP contribution in [0, 0.1) is 0 Å². The standard InChI is InChI=1S/C5H9N3O7/c9-3(10)1-2-4(11)15-5(6-12,7-13)8-14/h1-2,6-8,12-14H,(H,9,10)/b2-1-. The van der Waals surface area contributed by atoms with Crippen molar-refractivity contribution in [2.24, 2.45) is 0 Å². The number of hydrogen-bond donors (Lipinski definition) is 7. The largest absolute Gasteiger partial charge is 0.478 e. The van der Waals surface area contributed by atoms with E-state index < -0.39 is 17.9 Å². The Kier molecular flexibility index (Phi) is 5.40. The van der Waals surface area contributed by atoms with Gasteiger partial charge in [0.15, 0.2) is 0 Å². The van der Waals surface area contributed by atoms with Crippen LogP contribution in [0.15, 0.2) is 12.2 Å². The first-order valence-corrected chi connectivity index (χ1v) is 3.37. The molecular formula is C5H9N3O7. The van der Waals surface area contributed by atoms with Gasteiger partial charge in [0.1, 0.15) is 0 Å². The number of aliphatic carboxylic acids is 1. The quantitative estimate of drug-likeness (QED) is 0.113. The molecule has 0 amide bonds. The molecular weight excluding hydrogens is 214 g/mol. The number of carboxylic acids is 1. The number of carbonyl (C=O) groups is 2. The Labute approximate surface area is 82.6 Å². The summed E-state index contributed by atoms with van der Waals surface area (Å²) in [6.07, 6.45) is 0.947. The van der Waals surface area contributed by atoms with Crippen LogP contribution in [-0.4, -0.2) is 38.6 Å². The smallest absolute Gasteiger partial charge is 0.347 e. The van der Waals surface area contributed by atoms with Crippen molar-refractivity contribution in [3.63, 3.8) is 0 Å². The minimum absolute atomic E-state index is 0.458. The highest BCUT2D eigenvalue weighted by molar-refractivity contribution is 5.90. The van der Waals surface area contributed by atoms with E-state index >= 15 is 0 Å². The Morgan fingerprint density at radius 3 is 1.87 bits per heavy atom. The molecule has 0 saturated carbocycles. The molecule has 0 saturated heterocycles. The Balaban J connectivity index is 4.42. The van der Waals surface area contributed by atoms with Crippen LogP contribution in [0.25, 0.3) is 0 Å². The molecule has 0 heterocycles. The van der Waals surface area contributed by atoms with Gasteiger partial charge in [-0.2, -0.15) is 0 Å². The summed E-state index contributed by atoms with van der Waals surface area (Å²) in [4.78, 5) is 20.8. The third kappa shape index (κ3) is 4.46. The fraction of sp³-hybridized carbons (Fsp3) is 0.200. The Bertz CT molecular complexity index is 253. The lowest BCUT2D eigenvalue weighted by Gasteiger charge is -2.26. The molecule has 0 unspecified atom stereocenters. The Morgan fingerprint density at radius 1 is 1.07 bits per heavy atom. The molecule has 0 bridgehead atoms. The van der Waals surface area contributed by atoms with Gasteiger partial charge < -0.3 is 25.5 Å². The van der Waals surface area contributed by atoms with E-state index in [2.05, 4.69) is 4.74 Å². The van der Waals surface area contributed by atoms with Crippen LogP contribution in [0.4, 0.5) is 0 Å². The summed E-state index contributed by atoms with van der Waals surface area (Å²) in [5.41, 5.74) is 3.56. The summed E-state index contributed by atoms with van der Waals surface area (Å²) in [5, 5.41) is 33.3. The first-order valence-electron chi connectivity index (χ1n) is 3.37. The SMILES string of the molecule is O=C(O)/C=C\C(=O)OC(NO)(NO)NO. The number of nitrogens with one attached hydrogen (secondary N) is 3. The molecule has 10 heteroatoms. The van der Waals surface area contributed by atoms with Crippen LogP contribution in [0.1, 0.15) is 0 Å². The maximum Gasteiger partial charge on any atom is 0.347 e. The average molecular weight is 223 g/mol. The van der Waals surface area contributed by atoms with Gasteiger partial charge >= 0.3 is 17.9 Å². The van der Waals surface area contributed by atoms with Crippen LogP contribution in [-0.2, 0) is 14.3 Å². The molecule has 10 nitrogen and oxygen atoms in total. The molecule has 0 rings (SSSR count). The summed E-state index contributed by atoms with van der Waals surface area (Å²) in [7, 11) is 0. The number of carbonyl (C=O) groups excluding carboxylic acids is 1. The predicted molar refractivity (Wildman–Crippen MR) is 40.4 cm³/mol. The monoisotopic (exact) mass is 223 g/mol. The van der Waals surface area contributed by atoms with E-state index in [9.17, 15) is 9.59 Å². The van der Waals surface area contributed by atoms with E-state index in [1.165, 1.54) is 16.4 Å². The second-order valence-corrected chi connectivity index (χ2v) is 2.11. The van der Waals surface area contributed by atoms with Crippen LogP contribution in [0.2, 0.25) is 0 Å². The van der Waals surface area contributed by atoms with Crippen molar-refractivity contribution in [2.45, 2.75) is 5.97 Å². The van der Waals surface area contributed by atoms with Gasteiger partial charge in [0.05, 0.1) is 0 Å². The maximum absolute atomic E-state index is 10.8. The van der Waals surface area contributed by atoms with Crippen LogP contribution in [0.3, 0.4) is 0 Å². The van der Waals surface area contributed by atoms with Gasteiger partial charge in [0.25, 0.3) is 0 Å². The van der Waals surface area contributed by atoms with Gasteiger partial charge in [-0.3, -0.25) is 0 Å². The van der Waals surface area contributed by atoms with Crippen LogP contribution >= 0.6 is 0 Å². The molecule has 0 aliphatic heterocycles. The molecule has 0 radical (unpaired) electrons. The first kappa shape index (κ1) is 13.4. The minimum Gasteiger partial charge on any atom is -0.478 e. The van der Waals surface area contributed by atoms with E-state index in [1.54, 1.807) is 0 Å². The van der Waals surface area contributed by atoms with Crippen molar-refractivity contribution in [1.29, 1.82) is 0 Å². The zero-order valence-electron chi connectivity index (χ0n) is 7.17. The number of rotatable bonds is 6. The molecule has 0 atom stereocenters. The molecule has 0 aliphatic rings. The number of esters is 1. The minimum atomic E-state index is -2.54. The van der Waals surface area contributed by atoms with Gasteiger partial charge in [-0.05, 0) is 0 Å². The zero-order valence-corrected chi connectivity index (χ0v) is 7.17. The topological polar surface area (TPSA) is 160 Å². The summed E-state index contributed by atoms with van der Waals surface area (Å²) in [5.74, 6) is -5.20. The van der Waals surface area contributed by atoms with Gasteiger partial charge in [-0.15, -0.1) is 16.4 Å². The van der Waals surface area contributed by atoms with Crippen molar-refractivity contribution < 1.29 is 35.1 Å². The van der Waals surface area contributed by atoms with E-state index in [4.69, 9.17) is 20.7 Å². The summed E-state index contributed by atoms with van der Waals surface area (Å²) in [6, 6.07) is 0. The number of carboxylic acid groups (broad SMARTS) is 1. The Morgan fingerprint density at radius 2 is 1.53 bits per heavy atom. The van der Waals surface area contributed by atoms with Crippen molar-refractivity contribution in [2.75, 3.05) is 0 Å². The molecule has 0 fully saturated rings. The lowest BCUT2D eigenvalue weighted by Crippen LogP contribution is -2.66. The van der Waals surface area contributed by atoms with E-state index in [1.807, 2.05) is 0 Å². The van der Waals surface area contributed by atoms with Crippen molar-refractivity contribution in [1.82, 2.24) is 16.4 Å². The van der Waals surface area contributed by atoms with Crippen LogP contribution in [0.5, 0.6) is 0 Å². The fourth-order valence-corrected chi connectivity index (χ4v) is 0.468. The average Bonchev–Trinajstić information content (AvgIpc) is 2.23. The number of ether oxygens (including phenoxy) is 1. The second kappa shape index (κ2) is 6.02. The van der Waals surface area contributed by atoms with Gasteiger partial charge in [0, 0.05) is 12.2 Å². The third-order valence-electron chi connectivity index (χ3n) is 1.09. The van der Waals surface area contributed by atoms with Crippen molar-refractivity contribution in [3.8, 4) is 0 Å². The first-order chi connectivity index (χ1) is 6.99. The van der Waals surface area contributed by atoms with Gasteiger partial charge in [0.2, 0.25) is 0 Å². The maximum atomic E-state index is 10.8. The van der Waals surface area contributed by atoms with Gasteiger partial charge in [-0.25, -0.2) is 9.59 Å². The molecule has 0 aliphatic carbocycles. The fourth-order valence-electron chi connectivity index (χ4n) is 0.468. The summed E-state index contributed by atoms with van der Waals surface area (Å²) < 4.78 is 4.16. The molecule has 15 heavy (non-hydrogen) atoms. The second-order valence-electron chi connectivity index (χ2n) is 2.11. The molecule has 7 N–H and O–H groups in total. The van der Waals surface area contributed by atoms with Crippen molar-refractivity contribution >= 4 is 11.9 Å². The van der Waals surface area contributed by atoms with E-state index in [0.717, 1.165) is 0 Å². The van der Waals surface area contributed by atoms with E-state index in [-0.39, 0.29) is 0 Å². The molecule has 86 valence electrons. The Hall–Kier alpha value is -1.56. The number of hydrogen-bond acceptors (Lipinski definition) is 9. The lowest BCUT2D eigenvalue weighted by atomic mass is 10.5. The van der Waals surface area contributed by atoms with E-state index in [0.29, 0.717) is 12.2 Å². The number of hydroxylamine groups is 3. The molecule has 0 aromatic carbocycles. The zero-order chi connectivity index (χ0) is 11.9. The highest BCUT2D eigenvalue weighted by Gasteiger charge is 2.32. The molecule has 0 aromatic rings. The predicted octanol–water partition coefficient (Wildman–Crippen LogP) is -2.28. The molecule has 0 spiro atoms. The lowest BCUT2D eigenvalue weighted by molar-refractivity contribution is -0.255. The summed E-state index contributed by atoms with van der Waals surface area (Å²) >= 11 is 0. The molecule has 0 aromatic heterocycles. The normalized spacial score (nSPS) is 11.7. The van der Waals surface area contributed by atoms with Gasteiger partial charge in [-0.1, -0.05) is 0 Å². The highest BCUT2D eigenvalue weighted by atomic mass is 16.7. The van der Waals surface area contributed by atoms with Crippen LogP contribution < -0.4 is 16.4 Å². The van der Waals surface area contributed by atoms with Crippen molar-refractivity contribution in [3.05, 3.63) is 12.2 Å².